The first-order chi connectivity index (χ1) is 15.7. The van der Waals surface area contributed by atoms with E-state index in [1.807, 2.05) is 30.3 Å². The van der Waals surface area contributed by atoms with Crippen LogP contribution >= 0.6 is 0 Å². The molecule has 1 fully saturated rings. The minimum Gasteiger partial charge on any atom is -0.498 e. The van der Waals surface area contributed by atoms with E-state index in [-0.39, 0.29) is 5.78 Å². The maximum Gasteiger partial charge on any atom is 0.182 e. The van der Waals surface area contributed by atoms with Crippen LogP contribution in [0.5, 0.6) is 0 Å². The lowest BCUT2D eigenvalue weighted by molar-refractivity contribution is -0.116. The molecule has 0 N–H and O–H groups in total. The fraction of sp³-hybridized carbons (Fsp3) is 0.370. The number of ketones is 1. The van der Waals surface area contributed by atoms with Crippen LogP contribution in [0.2, 0.25) is 0 Å². The van der Waals surface area contributed by atoms with Crippen LogP contribution in [0.15, 0.2) is 77.7 Å². The number of Topliss-reactive ketones (excluding diaryl/α,β-unsaturated/α-hetero) is 1. The van der Waals surface area contributed by atoms with Crippen LogP contribution in [0, 0.1) is 0 Å². The molecule has 2 aromatic rings. The Morgan fingerprint density at radius 1 is 1.00 bits per heavy atom. The first kappa shape index (κ1) is 20.8. The molecule has 5 rings (SSSR count). The molecule has 5 heteroatoms. The number of carbonyl (C=O) groups is 1. The van der Waals surface area contributed by atoms with Gasteiger partial charge >= 0.3 is 0 Å². The van der Waals surface area contributed by atoms with E-state index in [4.69, 9.17) is 4.74 Å². The maximum absolute atomic E-state index is 12.1. The highest BCUT2D eigenvalue weighted by atomic mass is 16.5. The van der Waals surface area contributed by atoms with E-state index in [0.717, 1.165) is 62.7 Å². The molecule has 2 heterocycles. The number of benzene rings is 2. The highest BCUT2D eigenvalue weighted by Crippen LogP contribution is 2.28. The van der Waals surface area contributed by atoms with Crippen molar-refractivity contribution in [3.63, 3.8) is 0 Å². The summed E-state index contributed by atoms with van der Waals surface area (Å²) in [6.07, 6.45) is 7.81. The third kappa shape index (κ3) is 4.44. The molecule has 0 unspecified atom stereocenters. The van der Waals surface area contributed by atoms with E-state index in [1.165, 1.54) is 16.5 Å². The number of allylic oxidation sites excluding steroid dienone is 3. The molecule has 0 saturated carbocycles. The lowest BCUT2D eigenvalue weighted by atomic mass is 9.93. The van der Waals surface area contributed by atoms with Crippen molar-refractivity contribution in [3.8, 4) is 0 Å². The van der Waals surface area contributed by atoms with E-state index < -0.39 is 0 Å². The number of fused-ring (bicyclic) bond motifs is 2. The molecule has 2 aromatic carbocycles. The number of carbonyl (C=O) groups excluding carboxylic acids is 1. The fourth-order valence-corrected chi connectivity index (χ4v) is 4.90. The third-order valence-electron chi connectivity index (χ3n) is 6.57. The van der Waals surface area contributed by atoms with Crippen molar-refractivity contribution in [2.45, 2.75) is 12.8 Å². The Balaban J connectivity index is 1.08. The second-order valence-electron chi connectivity index (χ2n) is 8.88. The number of ether oxygens (including phenoxy) is 1. The molecule has 0 bridgehead atoms. The van der Waals surface area contributed by atoms with Gasteiger partial charge in [-0.2, -0.15) is 0 Å². The van der Waals surface area contributed by atoms with Gasteiger partial charge in [0.15, 0.2) is 5.78 Å². The number of hydrogen-bond acceptors (Lipinski definition) is 5. The van der Waals surface area contributed by atoms with Gasteiger partial charge in [0.2, 0.25) is 0 Å². The van der Waals surface area contributed by atoms with Crippen molar-refractivity contribution >= 4 is 22.2 Å². The lowest BCUT2D eigenvalue weighted by Gasteiger charge is -2.36. The number of likely N-dealkylation sites (N-methyl/N-ethyl adjacent to an activating group) is 1. The van der Waals surface area contributed by atoms with Crippen LogP contribution < -0.4 is 4.90 Å². The second-order valence-corrected chi connectivity index (χ2v) is 8.88. The molecule has 0 amide bonds. The summed E-state index contributed by atoms with van der Waals surface area (Å²) in [5.74, 6) is 1.16. The van der Waals surface area contributed by atoms with Gasteiger partial charge in [-0.1, -0.05) is 42.5 Å². The zero-order chi connectivity index (χ0) is 21.9. The number of rotatable bonds is 6. The van der Waals surface area contributed by atoms with Gasteiger partial charge in [-0.3, -0.25) is 9.69 Å². The van der Waals surface area contributed by atoms with Crippen LogP contribution in [0.4, 0.5) is 5.69 Å². The van der Waals surface area contributed by atoms with Gasteiger partial charge in [0.1, 0.15) is 5.76 Å². The Bertz CT molecular complexity index is 1090. The first-order valence-corrected chi connectivity index (χ1v) is 11.6. The van der Waals surface area contributed by atoms with Crippen LogP contribution in [-0.4, -0.2) is 68.5 Å². The molecular formula is C27H31N3O2. The molecule has 3 aliphatic rings. The van der Waals surface area contributed by atoms with E-state index in [0.29, 0.717) is 13.0 Å². The molecule has 0 atom stereocenters. The molecule has 32 heavy (non-hydrogen) atoms. The van der Waals surface area contributed by atoms with Gasteiger partial charge in [-0.15, -0.1) is 0 Å². The molecule has 1 aliphatic carbocycles. The molecule has 166 valence electrons. The third-order valence-corrected chi connectivity index (χ3v) is 6.57. The van der Waals surface area contributed by atoms with Gasteiger partial charge in [0.05, 0.1) is 13.2 Å². The summed E-state index contributed by atoms with van der Waals surface area (Å²) in [7, 11) is 1.94. The lowest BCUT2D eigenvalue weighted by Crippen LogP contribution is -2.46. The summed E-state index contributed by atoms with van der Waals surface area (Å²) in [4.78, 5) is 19.1. The quantitative estimate of drug-likeness (QED) is 0.649. The number of hydrogen-bond donors (Lipinski definition) is 0. The fourth-order valence-electron chi connectivity index (χ4n) is 4.90. The summed E-state index contributed by atoms with van der Waals surface area (Å²) >= 11 is 0. The Morgan fingerprint density at radius 2 is 1.81 bits per heavy atom. The number of nitrogens with zero attached hydrogens (tertiary/aromatic N) is 3. The summed E-state index contributed by atoms with van der Waals surface area (Å²) in [5, 5.41) is 2.65. The molecule has 5 nitrogen and oxygen atoms in total. The predicted molar refractivity (Wildman–Crippen MR) is 130 cm³/mol. The monoisotopic (exact) mass is 429 g/mol. The smallest absolute Gasteiger partial charge is 0.182 e. The average molecular weight is 430 g/mol. The summed E-state index contributed by atoms with van der Waals surface area (Å²) in [5.41, 5.74) is 3.18. The van der Waals surface area contributed by atoms with Crippen LogP contribution in [0.3, 0.4) is 0 Å². The van der Waals surface area contributed by atoms with E-state index in [9.17, 15) is 4.79 Å². The zero-order valence-corrected chi connectivity index (χ0v) is 18.8. The molecule has 2 aliphatic heterocycles. The SMILES string of the molecule is CN1C=C2C=C(OCCCN3CCN(c4cccc5ccccc45)CC3)CC=C2C(=O)C1. The van der Waals surface area contributed by atoms with Gasteiger partial charge < -0.3 is 14.5 Å². The van der Waals surface area contributed by atoms with E-state index in [1.54, 1.807) is 0 Å². The standard InChI is InChI=1S/C27H31N3O2/c1-28-19-22-18-23(10-11-25(22)27(31)20-28)32-17-5-12-29-13-15-30(16-14-29)26-9-4-7-21-6-2-3-8-24(21)26/h2-4,6-9,11,18-19H,5,10,12-17,20H2,1H3. The average Bonchev–Trinajstić information content (AvgIpc) is 2.81. The van der Waals surface area contributed by atoms with Crippen molar-refractivity contribution in [2.75, 3.05) is 57.8 Å². The van der Waals surface area contributed by atoms with Gasteiger partial charge in [0.25, 0.3) is 0 Å². The molecule has 0 radical (unpaired) electrons. The Labute approximate surface area is 190 Å². The van der Waals surface area contributed by atoms with Gasteiger partial charge in [-0.25, -0.2) is 0 Å². The topological polar surface area (TPSA) is 36.0 Å². The van der Waals surface area contributed by atoms with Crippen molar-refractivity contribution < 1.29 is 9.53 Å². The predicted octanol–water partition coefficient (Wildman–Crippen LogP) is 3.98. The number of anilines is 1. The minimum atomic E-state index is 0.197. The zero-order valence-electron chi connectivity index (χ0n) is 18.8. The molecule has 0 aromatic heterocycles. The first-order valence-electron chi connectivity index (χ1n) is 11.6. The molecular weight excluding hydrogens is 398 g/mol. The van der Waals surface area contributed by atoms with Gasteiger partial charge in [-0.05, 0) is 23.9 Å². The van der Waals surface area contributed by atoms with E-state index in [2.05, 4.69) is 52.3 Å². The van der Waals surface area contributed by atoms with Crippen molar-refractivity contribution in [3.05, 3.63) is 77.7 Å². The van der Waals surface area contributed by atoms with Crippen LogP contribution in [0.1, 0.15) is 12.8 Å². The van der Waals surface area contributed by atoms with Crippen molar-refractivity contribution in [1.82, 2.24) is 9.80 Å². The van der Waals surface area contributed by atoms with E-state index >= 15 is 0 Å². The highest BCUT2D eigenvalue weighted by molar-refractivity contribution is 6.03. The Morgan fingerprint density at radius 3 is 2.69 bits per heavy atom. The summed E-state index contributed by atoms with van der Waals surface area (Å²) < 4.78 is 6.04. The Kier molecular flexibility index (Phi) is 5.99. The second kappa shape index (κ2) is 9.21. The maximum atomic E-state index is 12.1. The number of piperazine rings is 1. The summed E-state index contributed by atoms with van der Waals surface area (Å²) in [6, 6.07) is 15.2. The van der Waals surface area contributed by atoms with Crippen LogP contribution in [-0.2, 0) is 9.53 Å². The minimum absolute atomic E-state index is 0.197. The summed E-state index contributed by atoms with van der Waals surface area (Å²) in [6.45, 7) is 6.52. The normalized spacial score (nSPS) is 19.4. The van der Waals surface area contributed by atoms with Crippen LogP contribution in [0.25, 0.3) is 10.8 Å². The van der Waals surface area contributed by atoms with Crippen molar-refractivity contribution in [2.24, 2.45) is 0 Å². The Hall–Kier alpha value is -3.05. The molecule has 0 spiro atoms. The highest BCUT2D eigenvalue weighted by Gasteiger charge is 2.23. The molecule has 1 saturated heterocycles. The van der Waals surface area contributed by atoms with Crippen molar-refractivity contribution in [1.29, 1.82) is 0 Å². The largest absolute Gasteiger partial charge is 0.498 e. The van der Waals surface area contributed by atoms with Gasteiger partial charge in [0, 0.05) is 74.6 Å².